The molecule has 0 spiro atoms. The Morgan fingerprint density at radius 1 is 0.513 bits per heavy atom. The third kappa shape index (κ3) is 16.9. The van der Waals surface area contributed by atoms with Crippen molar-refractivity contribution in [3.8, 4) is 28.7 Å². The van der Waals surface area contributed by atoms with Gasteiger partial charge < -0.3 is 37.9 Å². The first-order valence-electron chi connectivity index (χ1n) is 25.5. The molecule has 2 saturated carbocycles. The molecular formula is C59H61ClO15S. The maximum absolute atomic E-state index is 13.3. The number of carbonyl (C=O) groups is 7. The van der Waals surface area contributed by atoms with Gasteiger partial charge in [0.15, 0.2) is 5.78 Å². The molecule has 15 nitrogen and oxygen atoms in total. The second-order valence-electron chi connectivity index (χ2n) is 18.6. The topological polar surface area (TPSA) is 193 Å². The Bertz CT molecular complexity index is 2800. The average molecular weight is 1080 g/mol. The van der Waals surface area contributed by atoms with E-state index in [4.69, 9.17) is 49.5 Å². The van der Waals surface area contributed by atoms with E-state index in [2.05, 4.69) is 0 Å². The Hall–Kier alpha value is -7.14. The van der Waals surface area contributed by atoms with E-state index < -0.39 is 35.7 Å². The molecule has 0 bridgehead atoms. The Balaban J connectivity index is 0.721. The van der Waals surface area contributed by atoms with Crippen LogP contribution in [0.2, 0.25) is 4.34 Å². The number of methoxy groups -OCH3 is 2. The van der Waals surface area contributed by atoms with Gasteiger partial charge in [-0.3, -0.25) is 24.0 Å². The third-order valence-electron chi connectivity index (χ3n) is 13.3. The predicted molar refractivity (Wildman–Crippen MR) is 283 cm³/mol. The predicted octanol–water partition coefficient (Wildman–Crippen LogP) is 11.7. The van der Waals surface area contributed by atoms with Crippen molar-refractivity contribution >= 4 is 70.6 Å². The summed E-state index contributed by atoms with van der Waals surface area (Å²) < 4.78 is 44.4. The lowest BCUT2D eigenvalue weighted by molar-refractivity contribution is -0.145. The molecule has 5 aromatic rings. The SMILES string of the molecule is COCCc1ccc(OC(=O)C2CCC(C(=O)Oc3ccc(C(=O)OCCCCCCOC(=O)c4ccc(OC(=O)C5CCC(C(=O)Oc6ccc(OC)cc6/C=C/C(=O)c6ccc(Cl)s6)CC5)cc4)cc3)CC2)cc1. The maximum atomic E-state index is 13.3. The highest BCUT2D eigenvalue weighted by molar-refractivity contribution is 7.18. The van der Waals surface area contributed by atoms with E-state index in [-0.39, 0.29) is 54.3 Å². The van der Waals surface area contributed by atoms with E-state index in [1.807, 2.05) is 12.1 Å². The highest BCUT2D eigenvalue weighted by Gasteiger charge is 2.34. The van der Waals surface area contributed by atoms with Gasteiger partial charge in [0.2, 0.25) is 0 Å². The number of carbonyl (C=O) groups excluding carboxylic acids is 7. The molecule has 76 heavy (non-hydrogen) atoms. The monoisotopic (exact) mass is 1080 g/mol. The van der Waals surface area contributed by atoms with Crippen LogP contribution in [0.3, 0.4) is 0 Å². The quantitative estimate of drug-likeness (QED) is 0.0186. The molecule has 1 heterocycles. The van der Waals surface area contributed by atoms with E-state index in [0.717, 1.165) is 24.8 Å². The molecule has 2 aliphatic rings. The Morgan fingerprint density at radius 3 is 1.37 bits per heavy atom. The normalized spacial score (nSPS) is 17.2. The first kappa shape index (κ1) is 56.6. The van der Waals surface area contributed by atoms with Crippen LogP contribution in [-0.2, 0) is 39.8 Å². The number of allylic oxidation sites excluding steroid dienone is 1. The molecule has 2 fully saturated rings. The van der Waals surface area contributed by atoms with Crippen LogP contribution in [-0.4, -0.2) is 75.6 Å². The van der Waals surface area contributed by atoms with Gasteiger partial charge in [-0.2, -0.15) is 0 Å². The fraction of sp³-hybridized carbons (Fsp3) is 0.373. The van der Waals surface area contributed by atoms with Crippen LogP contribution < -0.4 is 23.7 Å². The standard InChI is InChI=1S/C59H61ClO15S/c1-68-36-33-38-7-22-46(23-8-38)72-56(64)41-9-11-42(12-10-41)57(65)73-47-24-17-39(18-25-47)54(62)70-34-5-3-4-6-35-71-55(63)40-19-26-48(27-20-40)74-58(66)43-13-15-44(16-14-43)59(67)75-51-30-28-49(69-2)37-45(51)21-29-50(61)52-31-32-53(60)76-52/h7-8,17-32,37,41-44H,3-6,9-16,33-36H2,1-2H3/b29-21+. The molecule has 4 aromatic carbocycles. The summed E-state index contributed by atoms with van der Waals surface area (Å²) in [6.45, 7) is 1.03. The van der Waals surface area contributed by atoms with Crippen molar-refractivity contribution in [1.29, 1.82) is 0 Å². The molecule has 0 saturated heterocycles. The van der Waals surface area contributed by atoms with Crippen molar-refractivity contribution in [2.75, 3.05) is 34.0 Å². The highest BCUT2D eigenvalue weighted by atomic mass is 35.5. The summed E-state index contributed by atoms with van der Waals surface area (Å²) >= 11 is 7.15. The van der Waals surface area contributed by atoms with Gasteiger partial charge in [-0.15, -0.1) is 11.3 Å². The van der Waals surface area contributed by atoms with Gasteiger partial charge in [0, 0.05) is 12.7 Å². The maximum Gasteiger partial charge on any atom is 0.338 e. The minimum atomic E-state index is -0.508. The van der Waals surface area contributed by atoms with Crippen LogP contribution in [0.4, 0.5) is 0 Å². The fourth-order valence-electron chi connectivity index (χ4n) is 8.81. The molecule has 0 radical (unpaired) electrons. The van der Waals surface area contributed by atoms with Gasteiger partial charge in [0.25, 0.3) is 0 Å². The number of esters is 6. The molecule has 400 valence electrons. The molecule has 17 heteroatoms. The van der Waals surface area contributed by atoms with E-state index in [1.54, 1.807) is 79.9 Å². The molecule has 0 aliphatic heterocycles. The van der Waals surface area contributed by atoms with Crippen molar-refractivity contribution in [3.63, 3.8) is 0 Å². The average Bonchev–Trinajstić information content (AvgIpc) is 3.90. The van der Waals surface area contributed by atoms with Crippen LogP contribution >= 0.6 is 22.9 Å². The summed E-state index contributed by atoms with van der Waals surface area (Å²) in [7, 11) is 3.17. The molecule has 0 unspecified atom stereocenters. The summed E-state index contributed by atoms with van der Waals surface area (Å²) in [5.41, 5.74) is 2.21. The van der Waals surface area contributed by atoms with Crippen LogP contribution in [0.15, 0.2) is 109 Å². The lowest BCUT2D eigenvalue weighted by Crippen LogP contribution is -2.30. The Labute approximate surface area is 450 Å². The number of rotatable bonds is 24. The smallest absolute Gasteiger partial charge is 0.338 e. The Morgan fingerprint density at radius 2 is 0.947 bits per heavy atom. The lowest BCUT2D eigenvalue weighted by Gasteiger charge is -2.26. The van der Waals surface area contributed by atoms with Crippen LogP contribution in [0, 0.1) is 23.7 Å². The van der Waals surface area contributed by atoms with E-state index >= 15 is 0 Å². The molecule has 0 amide bonds. The fourth-order valence-corrected chi connectivity index (χ4v) is 9.77. The number of thiophene rings is 1. The van der Waals surface area contributed by atoms with E-state index in [1.165, 1.54) is 48.8 Å². The van der Waals surface area contributed by atoms with Gasteiger partial charge in [-0.05, 0) is 192 Å². The molecular weight excluding hydrogens is 1020 g/mol. The van der Waals surface area contributed by atoms with Gasteiger partial charge >= 0.3 is 35.8 Å². The zero-order valence-corrected chi connectivity index (χ0v) is 44.1. The molecule has 1 aromatic heterocycles. The summed E-state index contributed by atoms with van der Waals surface area (Å²) in [6, 6.07) is 28.0. The number of ketones is 1. The largest absolute Gasteiger partial charge is 0.497 e. The molecule has 2 aliphatic carbocycles. The minimum Gasteiger partial charge on any atom is -0.497 e. The third-order valence-corrected chi connectivity index (χ3v) is 14.5. The zero-order valence-electron chi connectivity index (χ0n) is 42.5. The van der Waals surface area contributed by atoms with Crippen LogP contribution in [0.1, 0.15) is 119 Å². The molecule has 0 atom stereocenters. The summed E-state index contributed by atoms with van der Waals surface area (Å²) in [5, 5.41) is 0. The lowest BCUT2D eigenvalue weighted by atomic mass is 9.82. The summed E-state index contributed by atoms with van der Waals surface area (Å²) in [5.74, 6) is -2.35. The summed E-state index contributed by atoms with van der Waals surface area (Å²) in [4.78, 5) is 90.5. The van der Waals surface area contributed by atoms with Crippen LogP contribution in [0.5, 0.6) is 28.7 Å². The number of halogens is 1. The molecule has 0 N–H and O–H groups in total. The zero-order chi connectivity index (χ0) is 53.8. The first-order valence-corrected chi connectivity index (χ1v) is 26.7. The van der Waals surface area contributed by atoms with Crippen molar-refractivity contribution in [2.24, 2.45) is 23.7 Å². The van der Waals surface area contributed by atoms with Gasteiger partial charge in [-0.1, -0.05) is 23.7 Å². The van der Waals surface area contributed by atoms with Crippen molar-refractivity contribution in [3.05, 3.63) is 141 Å². The van der Waals surface area contributed by atoms with Crippen molar-refractivity contribution in [2.45, 2.75) is 83.5 Å². The van der Waals surface area contributed by atoms with Crippen molar-refractivity contribution in [1.82, 2.24) is 0 Å². The minimum absolute atomic E-state index is 0.204. The highest BCUT2D eigenvalue weighted by Crippen LogP contribution is 2.35. The van der Waals surface area contributed by atoms with E-state index in [9.17, 15) is 33.6 Å². The second kappa shape index (κ2) is 28.7. The van der Waals surface area contributed by atoms with E-state index in [0.29, 0.717) is 114 Å². The first-order chi connectivity index (χ1) is 36.8. The number of benzene rings is 4. The van der Waals surface area contributed by atoms with Gasteiger partial charge in [0.1, 0.15) is 28.7 Å². The number of unbranched alkanes of at least 4 members (excludes halogenated alkanes) is 3. The number of hydrogen-bond acceptors (Lipinski definition) is 16. The second-order valence-corrected chi connectivity index (χ2v) is 20.3. The molecule has 7 rings (SSSR count). The van der Waals surface area contributed by atoms with Crippen LogP contribution in [0.25, 0.3) is 6.08 Å². The van der Waals surface area contributed by atoms with Crippen molar-refractivity contribution < 1.29 is 71.5 Å². The summed E-state index contributed by atoms with van der Waals surface area (Å²) in [6.07, 6.45) is 10.2. The van der Waals surface area contributed by atoms with Gasteiger partial charge in [0.05, 0.1) is 70.9 Å². The number of hydrogen-bond donors (Lipinski definition) is 0. The number of ether oxygens (including phenoxy) is 8. The van der Waals surface area contributed by atoms with Gasteiger partial charge in [-0.25, -0.2) is 9.59 Å². The Kier molecular flexibility index (Phi) is 21.3.